The molecule has 1 amide bonds. The summed E-state index contributed by atoms with van der Waals surface area (Å²) in [7, 11) is 0. The predicted molar refractivity (Wildman–Crippen MR) is 75.8 cm³/mol. The van der Waals surface area contributed by atoms with Crippen LogP contribution in [0.4, 0.5) is 4.39 Å². The first-order chi connectivity index (χ1) is 9.61. The lowest BCUT2D eigenvalue weighted by molar-refractivity contribution is 0.0752. The molecule has 0 atom stereocenters. The van der Waals surface area contributed by atoms with Crippen molar-refractivity contribution in [1.82, 2.24) is 9.88 Å². The second-order valence-corrected chi connectivity index (χ2v) is 4.63. The summed E-state index contributed by atoms with van der Waals surface area (Å²) in [4.78, 5) is 18.2. The minimum Gasteiger partial charge on any atom is -0.335 e. The Balaban J connectivity index is 2.21. The normalized spacial score (nSPS) is 10.3. The van der Waals surface area contributed by atoms with Gasteiger partial charge in [0.1, 0.15) is 5.82 Å². The minimum atomic E-state index is -0.323. The van der Waals surface area contributed by atoms with Gasteiger partial charge in [-0.15, -0.1) is 0 Å². The van der Waals surface area contributed by atoms with Crippen LogP contribution in [0.1, 0.15) is 28.4 Å². The number of hydrogen-bond donors (Lipinski definition) is 0. The first-order valence-corrected chi connectivity index (χ1v) is 6.56. The number of amides is 1. The molecular weight excluding hydrogens is 255 g/mol. The molecule has 1 aromatic heterocycles. The summed E-state index contributed by atoms with van der Waals surface area (Å²) in [5, 5.41) is 0. The third-order valence-electron chi connectivity index (χ3n) is 3.21. The van der Waals surface area contributed by atoms with E-state index in [1.54, 1.807) is 30.3 Å². The number of pyridine rings is 1. The van der Waals surface area contributed by atoms with E-state index in [0.717, 1.165) is 5.56 Å². The van der Waals surface area contributed by atoms with Gasteiger partial charge in [-0.2, -0.15) is 0 Å². The highest BCUT2D eigenvalue weighted by atomic mass is 19.1. The minimum absolute atomic E-state index is 0.0817. The van der Waals surface area contributed by atoms with E-state index in [1.165, 1.54) is 12.1 Å². The number of aryl methyl sites for hydroxylation is 1. The van der Waals surface area contributed by atoms with Crippen molar-refractivity contribution in [2.75, 3.05) is 6.54 Å². The number of benzene rings is 1. The Hall–Kier alpha value is -2.23. The van der Waals surface area contributed by atoms with E-state index in [-0.39, 0.29) is 11.7 Å². The molecule has 0 spiro atoms. The third-order valence-corrected chi connectivity index (χ3v) is 3.21. The van der Waals surface area contributed by atoms with Crippen LogP contribution in [0, 0.1) is 12.7 Å². The third kappa shape index (κ3) is 3.20. The maximum atomic E-state index is 13.1. The van der Waals surface area contributed by atoms with Crippen LogP contribution in [-0.4, -0.2) is 22.3 Å². The van der Waals surface area contributed by atoms with Gasteiger partial charge in [-0.25, -0.2) is 4.39 Å². The van der Waals surface area contributed by atoms with Crippen molar-refractivity contribution in [1.29, 1.82) is 0 Å². The first-order valence-electron chi connectivity index (χ1n) is 6.56. The predicted octanol–water partition coefficient (Wildman–Crippen LogP) is 3.19. The van der Waals surface area contributed by atoms with Crippen LogP contribution >= 0.6 is 0 Å². The standard InChI is InChI=1S/C16H17FN2O/c1-3-19(11-13-6-8-18-9-7-13)16(20)15-5-4-14(17)10-12(15)2/h4-10H,3,11H2,1-2H3. The molecule has 104 valence electrons. The van der Waals surface area contributed by atoms with Crippen LogP contribution in [0.2, 0.25) is 0 Å². The second kappa shape index (κ2) is 6.28. The molecule has 0 fully saturated rings. The molecule has 4 heteroatoms. The van der Waals surface area contributed by atoms with Crippen molar-refractivity contribution in [3.05, 3.63) is 65.2 Å². The van der Waals surface area contributed by atoms with Crippen LogP contribution in [-0.2, 0) is 6.54 Å². The molecule has 0 saturated heterocycles. The zero-order valence-corrected chi connectivity index (χ0v) is 11.6. The molecule has 0 saturated carbocycles. The average Bonchev–Trinajstić information content (AvgIpc) is 2.45. The summed E-state index contributed by atoms with van der Waals surface area (Å²) in [6.45, 7) is 4.79. The Morgan fingerprint density at radius 1 is 1.25 bits per heavy atom. The number of halogens is 1. The molecule has 1 aromatic carbocycles. The van der Waals surface area contributed by atoms with Crippen molar-refractivity contribution >= 4 is 5.91 Å². The average molecular weight is 272 g/mol. The largest absolute Gasteiger partial charge is 0.335 e. The Labute approximate surface area is 118 Å². The van der Waals surface area contributed by atoms with Gasteiger partial charge < -0.3 is 4.90 Å². The van der Waals surface area contributed by atoms with E-state index in [1.807, 2.05) is 19.1 Å². The summed E-state index contributed by atoms with van der Waals surface area (Å²) in [5.74, 6) is -0.405. The number of aromatic nitrogens is 1. The molecule has 0 aliphatic carbocycles. The summed E-state index contributed by atoms with van der Waals surface area (Å²) in [6.07, 6.45) is 3.41. The molecule has 0 bridgehead atoms. The molecule has 0 unspecified atom stereocenters. The summed E-state index contributed by atoms with van der Waals surface area (Å²) in [6, 6.07) is 8.01. The molecule has 20 heavy (non-hydrogen) atoms. The van der Waals surface area contributed by atoms with Gasteiger partial charge in [0.15, 0.2) is 0 Å². The van der Waals surface area contributed by atoms with Crippen LogP contribution < -0.4 is 0 Å². The van der Waals surface area contributed by atoms with Crippen molar-refractivity contribution in [3.63, 3.8) is 0 Å². The Kier molecular flexibility index (Phi) is 4.45. The van der Waals surface area contributed by atoms with Gasteiger partial charge in [0.2, 0.25) is 0 Å². The molecular formula is C16H17FN2O. The maximum absolute atomic E-state index is 13.1. The first kappa shape index (κ1) is 14.2. The number of carbonyl (C=O) groups excluding carboxylic acids is 1. The zero-order chi connectivity index (χ0) is 14.5. The van der Waals surface area contributed by atoms with Crippen LogP contribution in [0.3, 0.4) is 0 Å². The molecule has 2 aromatic rings. The van der Waals surface area contributed by atoms with Crippen molar-refractivity contribution in [2.24, 2.45) is 0 Å². The van der Waals surface area contributed by atoms with Gasteiger partial charge in [0, 0.05) is 31.0 Å². The van der Waals surface area contributed by atoms with Gasteiger partial charge in [-0.3, -0.25) is 9.78 Å². The fourth-order valence-corrected chi connectivity index (χ4v) is 2.07. The molecule has 0 radical (unpaired) electrons. The topological polar surface area (TPSA) is 33.2 Å². The van der Waals surface area contributed by atoms with Crippen molar-refractivity contribution < 1.29 is 9.18 Å². The monoisotopic (exact) mass is 272 g/mol. The van der Waals surface area contributed by atoms with E-state index in [0.29, 0.717) is 24.2 Å². The Morgan fingerprint density at radius 3 is 2.55 bits per heavy atom. The SMILES string of the molecule is CCN(Cc1ccncc1)C(=O)c1ccc(F)cc1C. The van der Waals surface area contributed by atoms with Crippen LogP contribution in [0.25, 0.3) is 0 Å². The lowest BCUT2D eigenvalue weighted by Gasteiger charge is -2.22. The lowest BCUT2D eigenvalue weighted by atomic mass is 10.1. The highest BCUT2D eigenvalue weighted by Crippen LogP contribution is 2.14. The van der Waals surface area contributed by atoms with Gasteiger partial charge in [-0.1, -0.05) is 0 Å². The zero-order valence-electron chi connectivity index (χ0n) is 11.6. The van der Waals surface area contributed by atoms with Crippen LogP contribution in [0.5, 0.6) is 0 Å². The summed E-state index contributed by atoms with van der Waals surface area (Å²) in [5.41, 5.74) is 2.22. The summed E-state index contributed by atoms with van der Waals surface area (Å²) >= 11 is 0. The maximum Gasteiger partial charge on any atom is 0.254 e. The number of carbonyl (C=O) groups is 1. The second-order valence-electron chi connectivity index (χ2n) is 4.63. The summed E-state index contributed by atoms with van der Waals surface area (Å²) < 4.78 is 13.1. The molecule has 0 aliphatic heterocycles. The fraction of sp³-hybridized carbons (Fsp3) is 0.250. The number of rotatable bonds is 4. The van der Waals surface area contributed by atoms with E-state index >= 15 is 0 Å². The smallest absolute Gasteiger partial charge is 0.254 e. The van der Waals surface area contributed by atoms with E-state index in [4.69, 9.17) is 0 Å². The van der Waals surface area contributed by atoms with Crippen LogP contribution in [0.15, 0.2) is 42.7 Å². The Bertz CT molecular complexity index is 599. The Morgan fingerprint density at radius 2 is 1.95 bits per heavy atom. The van der Waals surface area contributed by atoms with Crippen molar-refractivity contribution in [3.8, 4) is 0 Å². The number of hydrogen-bond acceptors (Lipinski definition) is 2. The molecule has 2 rings (SSSR count). The molecule has 0 aliphatic rings. The fourth-order valence-electron chi connectivity index (χ4n) is 2.07. The molecule has 3 nitrogen and oxygen atoms in total. The molecule has 1 heterocycles. The lowest BCUT2D eigenvalue weighted by Crippen LogP contribution is -2.30. The van der Waals surface area contributed by atoms with E-state index < -0.39 is 0 Å². The van der Waals surface area contributed by atoms with E-state index in [2.05, 4.69) is 4.98 Å². The highest BCUT2D eigenvalue weighted by molar-refractivity contribution is 5.95. The quantitative estimate of drug-likeness (QED) is 0.856. The van der Waals surface area contributed by atoms with Gasteiger partial charge in [0.25, 0.3) is 5.91 Å². The van der Waals surface area contributed by atoms with Gasteiger partial charge >= 0.3 is 0 Å². The molecule has 0 N–H and O–H groups in total. The number of nitrogens with zero attached hydrogens (tertiary/aromatic N) is 2. The highest BCUT2D eigenvalue weighted by Gasteiger charge is 2.16. The van der Waals surface area contributed by atoms with Gasteiger partial charge in [-0.05, 0) is 55.3 Å². The van der Waals surface area contributed by atoms with E-state index in [9.17, 15) is 9.18 Å². The van der Waals surface area contributed by atoms with Crippen molar-refractivity contribution in [2.45, 2.75) is 20.4 Å². The van der Waals surface area contributed by atoms with Gasteiger partial charge in [0.05, 0.1) is 0 Å².